The average Bonchev–Trinajstić information content (AvgIpc) is 3.72. The third-order valence-electron chi connectivity index (χ3n) is 12.4. The van der Waals surface area contributed by atoms with Crippen molar-refractivity contribution >= 4 is 40.9 Å². The molecular formula is C43H44N8O5. The highest BCUT2D eigenvalue weighted by molar-refractivity contribution is 6.23. The van der Waals surface area contributed by atoms with Crippen molar-refractivity contribution in [2.75, 3.05) is 36.5 Å². The molecule has 4 aliphatic heterocycles. The van der Waals surface area contributed by atoms with Crippen LogP contribution in [0.3, 0.4) is 0 Å². The molecule has 3 fully saturated rings. The third kappa shape index (κ3) is 7.11. The van der Waals surface area contributed by atoms with Gasteiger partial charge in [-0.3, -0.25) is 39.1 Å². The van der Waals surface area contributed by atoms with Gasteiger partial charge in [0.25, 0.3) is 17.7 Å². The summed E-state index contributed by atoms with van der Waals surface area (Å²) in [5, 5.41) is 24.1. The molecule has 2 saturated heterocycles. The SMILES string of the molecule is CN(c1ccc(C#N)c(C#N)c1)[C@H]1CC[C@H](NC(=O)c2ccc(N3CCC(CN4Cc5cc6c(cc5C4)C(=O)N([C@H]4CCC(=O)NC4=O)C6=O)CC3)cc2)CC1. The van der Waals surface area contributed by atoms with Crippen LogP contribution in [0.25, 0.3) is 0 Å². The minimum absolute atomic E-state index is 0.0602. The van der Waals surface area contributed by atoms with Crippen molar-refractivity contribution in [3.8, 4) is 12.1 Å². The zero-order valence-corrected chi connectivity index (χ0v) is 31.4. The minimum Gasteiger partial charge on any atom is -0.372 e. The molecule has 0 radical (unpaired) electrons. The van der Waals surface area contributed by atoms with Crippen LogP contribution in [0.4, 0.5) is 11.4 Å². The van der Waals surface area contributed by atoms with Gasteiger partial charge < -0.3 is 15.1 Å². The first-order valence-electron chi connectivity index (χ1n) is 19.5. The van der Waals surface area contributed by atoms with Gasteiger partial charge in [0.2, 0.25) is 11.8 Å². The molecule has 8 rings (SSSR count). The number of carbonyl (C=O) groups is 5. The molecule has 286 valence electrons. The molecule has 2 N–H and O–H groups in total. The lowest BCUT2D eigenvalue weighted by atomic mass is 9.89. The van der Waals surface area contributed by atoms with Crippen LogP contribution in [0.15, 0.2) is 54.6 Å². The number of amides is 5. The normalized spacial score (nSPS) is 22.6. The maximum atomic E-state index is 13.3. The summed E-state index contributed by atoms with van der Waals surface area (Å²) in [6, 6.07) is 20.5. The Hall–Kier alpha value is -6.05. The fourth-order valence-electron chi connectivity index (χ4n) is 9.16. The molecule has 1 saturated carbocycles. The Morgan fingerprint density at radius 3 is 2.07 bits per heavy atom. The first kappa shape index (κ1) is 36.9. The smallest absolute Gasteiger partial charge is 0.262 e. The quantitative estimate of drug-likeness (QED) is 0.318. The molecule has 1 atom stereocenters. The van der Waals surface area contributed by atoms with Gasteiger partial charge in [0.15, 0.2) is 0 Å². The molecule has 0 spiro atoms. The summed E-state index contributed by atoms with van der Waals surface area (Å²) in [5.74, 6) is -1.48. The fourth-order valence-corrected chi connectivity index (χ4v) is 9.16. The van der Waals surface area contributed by atoms with Gasteiger partial charge in [0, 0.05) is 75.2 Å². The van der Waals surface area contributed by atoms with Crippen molar-refractivity contribution in [1.82, 2.24) is 20.4 Å². The second kappa shape index (κ2) is 15.2. The molecule has 5 aliphatic rings. The molecule has 3 aromatic rings. The second-order valence-electron chi connectivity index (χ2n) is 15.8. The van der Waals surface area contributed by atoms with E-state index in [2.05, 4.69) is 37.5 Å². The van der Waals surface area contributed by atoms with Crippen LogP contribution in [-0.4, -0.2) is 84.1 Å². The van der Waals surface area contributed by atoms with Crippen molar-refractivity contribution in [2.45, 2.75) is 82.6 Å². The summed E-state index contributed by atoms with van der Waals surface area (Å²) >= 11 is 0. The van der Waals surface area contributed by atoms with Gasteiger partial charge in [-0.2, -0.15) is 10.5 Å². The van der Waals surface area contributed by atoms with Crippen molar-refractivity contribution in [1.29, 1.82) is 10.5 Å². The summed E-state index contributed by atoms with van der Waals surface area (Å²) < 4.78 is 0. The number of piperidine rings is 2. The van der Waals surface area contributed by atoms with Crippen LogP contribution in [0.2, 0.25) is 0 Å². The predicted molar refractivity (Wildman–Crippen MR) is 206 cm³/mol. The third-order valence-corrected chi connectivity index (χ3v) is 12.4. The molecule has 1 aliphatic carbocycles. The lowest BCUT2D eigenvalue weighted by molar-refractivity contribution is -0.136. The number of fused-ring (bicyclic) bond motifs is 2. The van der Waals surface area contributed by atoms with Crippen molar-refractivity contribution in [2.24, 2.45) is 5.92 Å². The first-order valence-corrected chi connectivity index (χ1v) is 19.5. The van der Waals surface area contributed by atoms with Crippen LogP contribution < -0.4 is 20.4 Å². The van der Waals surface area contributed by atoms with Crippen LogP contribution >= 0.6 is 0 Å². The number of benzene rings is 3. The van der Waals surface area contributed by atoms with E-state index in [1.165, 1.54) is 0 Å². The van der Waals surface area contributed by atoms with Crippen molar-refractivity contribution in [3.05, 3.63) is 93.5 Å². The summed E-state index contributed by atoms with van der Waals surface area (Å²) in [6.45, 7) is 4.16. The number of carbonyl (C=O) groups excluding carboxylic acids is 5. The maximum absolute atomic E-state index is 13.3. The highest BCUT2D eigenvalue weighted by Crippen LogP contribution is 2.35. The van der Waals surface area contributed by atoms with E-state index in [0.29, 0.717) is 52.9 Å². The second-order valence-corrected chi connectivity index (χ2v) is 15.8. The molecule has 0 unspecified atom stereocenters. The van der Waals surface area contributed by atoms with Gasteiger partial charge in [0.1, 0.15) is 18.2 Å². The van der Waals surface area contributed by atoms with E-state index >= 15 is 0 Å². The van der Waals surface area contributed by atoms with Gasteiger partial charge in [-0.25, -0.2) is 0 Å². The lowest BCUT2D eigenvalue weighted by Crippen LogP contribution is -2.54. The first-order chi connectivity index (χ1) is 27.1. The zero-order valence-electron chi connectivity index (χ0n) is 31.4. The maximum Gasteiger partial charge on any atom is 0.262 e. The van der Waals surface area contributed by atoms with Gasteiger partial charge >= 0.3 is 0 Å². The van der Waals surface area contributed by atoms with E-state index in [1.807, 2.05) is 49.5 Å². The molecular weight excluding hydrogens is 709 g/mol. The van der Waals surface area contributed by atoms with E-state index < -0.39 is 23.8 Å². The Labute approximate surface area is 325 Å². The van der Waals surface area contributed by atoms with E-state index in [1.54, 1.807) is 12.1 Å². The monoisotopic (exact) mass is 752 g/mol. The summed E-state index contributed by atoms with van der Waals surface area (Å²) in [6.07, 6.45) is 5.87. The standard InChI is InChI=1S/C43H44N8O5/c1-48(35-9-4-28(21-44)29(18-35)22-45)33-10-5-32(6-11-33)46-40(53)27-2-7-34(8-3-27)50-16-14-26(15-17-50)23-49-24-30-19-36-37(20-31(30)25-49)43(56)51(42(36)55)38-12-13-39(52)47-41(38)54/h2-4,7-9,18-20,26,32-33,38H,5-6,10-17,23-25H2,1H3,(H,46,53)(H,47,52,54)/t32-,33-,38-/m0/s1. The number of hydrogen-bond donors (Lipinski definition) is 2. The van der Waals surface area contributed by atoms with E-state index in [0.717, 1.165) is 85.6 Å². The molecule has 13 nitrogen and oxygen atoms in total. The number of nitriles is 2. The molecule has 56 heavy (non-hydrogen) atoms. The lowest BCUT2D eigenvalue weighted by Gasteiger charge is -2.36. The molecule has 0 aromatic heterocycles. The van der Waals surface area contributed by atoms with E-state index in [9.17, 15) is 34.5 Å². The topological polar surface area (TPSA) is 170 Å². The number of nitrogens with zero attached hydrogens (tertiary/aromatic N) is 6. The number of imide groups is 2. The zero-order chi connectivity index (χ0) is 39.1. The highest BCUT2D eigenvalue weighted by Gasteiger charge is 2.45. The van der Waals surface area contributed by atoms with Gasteiger partial charge in [-0.1, -0.05) is 0 Å². The van der Waals surface area contributed by atoms with E-state index in [-0.39, 0.29) is 30.7 Å². The summed E-state index contributed by atoms with van der Waals surface area (Å²) in [4.78, 5) is 71.8. The Balaban J connectivity index is 0.784. The minimum atomic E-state index is -0.963. The molecule has 0 bridgehead atoms. The van der Waals surface area contributed by atoms with Gasteiger partial charge in [0.05, 0.1) is 22.3 Å². The molecule has 5 amide bonds. The Kier molecular flexibility index (Phi) is 10.0. The van der Waals surface area contributed by atoms with Crippen LogP contribution in [-0.2, 0) is 22.7 Å². The van der Waals surface area contributed by atoms with Gasteiger partial charge in [-0.05, 0) is 117 Å². The highest BCUT2D eigenvalue weighted by atomic mass is 16.2. The molecule has 13 heteroatoms. The number of nitrogens with one attached hydrogen (secondary N) is 2. The Bertz CT molecular complexity index is 2150. The van der Waals surface area contributed by atoms with Crippen LogP contribution in [0.5, 0.6) is 0 Å². The predicted octanol–water partition coefficient (Wildman–Crippen LogP) is 4.24. The number of anilines is 2. The fraction of sp³-hybridized carbons (Fsp3) is 0.419. The van der Waals surface area contributed by atoms with E-state index in [4.69, 9.17) is 0 Å². The molecule has 3 aromatic carbocycles. The average molecular weight is 753 g/mol. The summed E-state index contributed by atoms with van der Waals surface area (Å²) in [5.41, 5.74) is 6.18. The number of hydrogen-bond acceptors (Lipinski definition) is 10. The van der Waals surface area contributed by atoms with Crippen LogP contribution in [0.1, 0.15) is 105 Å². The molecule has 4 heterocycles. The summed E-state index contributed by atoms with van der Waals surface area (Å²) in [7, 11) is 2.02. The number of rotatable bonds is 8. The van der Waals surface area contributed by atoms with Crippen LogP contribution in [0, 0.1) is 28.6 Å². The van der Waals surface area contributed by atoms with Crippen molar-refractivity contribution < 1.29 is 24.0 Å². The van der Waals surface area contributed by atoms with Gasteiger partial charge in [-0.15, -0.1) is 0 Å². The van der Waals surface area contributed by atoms with Crippen molar-refractivity contribution in [3.63, 3.8) is 0 Å². The Morgan fingerprint density at radius 1 is 0.821 bits per heavy atom. The Morgan fingerprint density at radius 2 is 1.46 bits per heavy atom. The largest absolute Gasteiger partial charge is 0.372 e.